The van der Waals surface area contributed by atoms with Gasteiger partial charge in [-0.1, -0.05) is 0 Å². The van der Waals surface area contributed by atoms with Gasteiger partial charge in [0, 0.05) is 46.0 Å². The van der Waals surface area contributed by atoms with Crippen LogP contribution in [0.2, 0.25) is 0 Å². The van der Waals surface area contributed by atoms with Crippen LogP contribution in [0, 0.1) is 5.92 Å². The Morgan fingerprint density at radius 2 is 2.19 bits per heavy atom. The summed E-state index contributed by atoms with van der Waals surface area (Å²) in [6, 6.07) is 5.41. The average Bonchev–Trinajstić information content (AvgIpc) is 3.31. The Balaban J connectivity index is 1.55. The van der Waals surface area contributed by atoms with E-state index in [2.05, 4.69) is 5.10 Å². The van der Waals surface area contributed by atoms with Crippen LogP contribution in [0.4, 0.5) is 0 Å². The van der Waals surface area contributed by atoms with Crippen LogP contribution in [0.1, 0.15) is 42.0 Å². The van der Waals surface area contributed by atoms with Gasteiger partial charge in [-0.25, -0.2) is 0 Å². The molecule has 0 radical (unpaired) electrons. The van der Waals surface area contributed by atoms with Crippen LogP contribution in [0.5, 0.6) is 0 Å². The van der Waals surface area contributed by atoms with Gasteiger partial charge in [-0.15, -0.1) is 0 Å². The second-order valence-corrected chi connectivity index (χ2v) is 7.06. The molecule has 0 saturated carbocycles. The van der Waals surface area contributed by atoms with Crippen LogP contribution in [-0.4, -0.2) is 58.6 Å². The lowest BCUT2D eigenvalue weighted by Gasteiger charge is -2.32. The minimum atomic E-state index is -0.0691. The van der Waals surface area contributed by atoms with Crippen molar-refractivity contribution in [1.29, 1.82) is 0 Å². The topological polar surface area (TPSA) is 71.6 Å². The number of aromatic nitrogens is 2. The van der Waals surface area contributed by atoms with Crippen molar-refractivity contribution in [2.45, 2.75) is 32.2 Å². The first kappa shape index (κ1) is 18.2. The maximum absolute atomic E-state index is 12.7. The van der Waals surface area contributed by atoms with Crippen molar-refractivity contribution in [3.05, 3.63) is 42.1 Å². The smallest absolute Gasteiger partial charge is 0.289 e. The highest BCUT2D eigenvalue weighted by molar-refractivity contribution is 5.91. The van der Waals surface area contributed by atoms with Gasteiger partial charge >= 0.3 is 0 Å². The minimum Gasteiger partial charge on any atom is -0.454 e. The monoisotopic (exact) mass is 358 g/mol. The second kappa shape index (κ2) is 8.21. The van der Waals surface area contributed by atoms with Crippen LogP contribution in [0.15, 0.2) is 35.0 Å². The summed E-state index contributed by atoms with van der Waals surface area (Å²) in [4.78, 5) is 28.0. The highest BCUT2D eigenvalue weighted by Gasteiger charge is 2.26. The molecular weight excluding hydrogens is 332 g/mol. The van der Waals surface area contributed by atoms with Gasteiger partial charge in [-0.05, 0) is 43.4 Å². The Bertz CT molecular complexity index is 736. The number of piperidine rings is 1. The largest absolute Gasteiger partial charge is 0.454 e. The SMILES string of the molecule is CN(C)C(=O)CC[C@H]1CCCN(C(=O)c2ccc(Cn3cccn3)o2)C1. The van der Waals surface area contributed by atoms with Gasteiger partial charge in [0.2, 0.25) is 5.91 Å². The summed E-state index contributed by atoms with van der Waals surface area (Å²) < 4.78 is 7.48. The molecule has 1 saturated heterocycles. The lowest BCUT2D eigenvalue weighted by Crippen LogP contribution is -2.40. The van der Waals surface area contributed by atoms with E-state index < -0.39 is 0 Å². The molecule has 2 aromatic heterocycles. The van der Waals surface area contributed by atoms with Gasteiger partial charge in [0.05, 0.1) is 6.54 Å². The van der Waals surface area contributed by atoms with E-state index in [1.165, 1.54) is 0 Å². The zero-order chi connectivity index (χ0) is 18.5. The number of nitrogens with zero attached hydrogens (tertiary/aromatic N) is 4. The van der Waals surface area contributed by atoms with Crippen LogP contribution >= 0.6 is 0 Å². The maximum Gasteiger partial charge on any atom is 0.289 e. The molecule has 1 fully saturated rings. The predicted molar refractivity (Wildman–Crippen MR) is 96.6 cm³/mol. The van der Waals surface area contributed by atoms with E-state index in [1.807, 2.05) is 23.2 Å². The normalized spacial score (nSPS) is 17.3. The molecule has 1 aliphatic heterocycles. The molecule has 7 nitrogen and oxygen atoms in total. The Labute approximate surface area is 153 Å². The summed E-state index contributed by atoms with van der Waals surface area (Å²) in [5, 5.41) is 4.14. The molecule has 0 unspecified atom stereocenters. The molecule has 0 aliphatic carbocycles. The van der Waals surface area contributed by atoms with Crippen molar-refractivity contribution >= 4 is 11.8 Å². The van der Waals surface area contributed by atoms with E-state index in [1.54, 1.807) is 35.9 Å². The Hall–Kier alpha value is -2.57. The van der Waals surface area contributed by atoms with Crippen molar-refractivity contribution in [2.24, 2.45) is 5.92 Å². The lowest BCUT2D eigenvalue weighted by atomic mass is 9.93. The standard InChI is InChI=1S/C19H26N4O3/c1-21(2)18(24)9-6-15-5-3-11-22(13-15)19(25)17-8-7-16(26-17)14-23-12-4-10-20-23/h4,7-8,10,12,15H,3,5-6,9,11,13-14H2,1-2H3/t15-/m1/s1. The zero-order valence-corrected chi connectivity index (χ0v) is 15.4. The number of rotatable bonds is 6. The number of hydrogen-bond donors (Lipinski definition) is 0. The summed E-state index contributed by atoms with van der Waals surface area (Å²) in [6.07, 6.45) is 6.96. The summed E-state index contributed by atoms with van der Waals surface area (Å²) >= 11 is 0. The van der Waals surface area contributed by atoms with Crippen LogP contribution in [0.3, 0.4) is 0 Å². The number of carbonyl (C=O) groups is 2. The number of hydrogen-bond acceptors (Lipinski definition) is 4. The third-order valence-corrected chi connectivity index (χ3v) is 4.82. The molecule has 1 atom stereocenters. The number of furan rings is 1. The first-order valence-electron chi connectivity index (χ1n) is 9.08. The van der Waals surface area contributed by atoms with Crippen LogP contribution in [0.25, 0.3) is 0 Å². The van der Waals surface area contributed by atoms with Gasteiger partial charge in [0.15, 0.2) is 5.76 Å². The van der Waals surface area contributed by atoms with E-state index in [4.69, 9.17) is 4.42 Å². The maximum atomic E-state index is 12.7. The summed E-state index contributed by atoms with van der Waals surface area (Å²) in [5.41, 5.74) is 0. The molecule has 3 rings (SSSR count). The fourth-order valence-corrected chi connectivity index (χ4v) is 3.32. The van der Waals surface area contributed by atoms with Crippen LogP contribution < -0.4 is 0 Å². The number of likely N-dealkylation sites (tertiary alicyclic amines) is 1. The lowest BCUT2D eigenvalue weighted by molar-refractivity contribution is -0.129. The van der Waals surface area contributed by atoms with E-state index in [9.17, 15) is 9.59 Å². The first-order chi connectivity index (χ1) is 12.5. The third-order valence-electron chi connectivity index (χ3n) is 4.82. The molecule has 3 heterocycles. The van der Waals surface area contributed by atoms with Crippen molar-refractivity contribution in [2.75, 3.05) is 27.2 Å². The molecule has 0 aromatic carbocycles. The van der Waals surface area contributed by atoms with E-state index in [-0.39, 0.29) is 11.8 Å². The Morgan fingerprint density at radius 3 is 2.92 bits per heavy atom. The molecule has 2 amide bonds. The zero-order valence-electron chi connectivity index (χ0n) is 15.4. The average molecular weight is 358 g/mol. The van der Waals surface area contributed by atoms with Gasteiger partial charge in [-0.3, -0.25) is 14.3 Å². The summed E-state index contributed by atoms with van der Waals surface area (Å²) in [7, 11) is 3.55. The summed E-state index contributed by atoms with van der Waals surface area (Å²) in [5.74, 6) is 1.53. The van der Waals surface area contributed by atoms with Crippen LogP contribution in [-0.2, 0) is 11.3 Å². The molecule has 140 valence electrons. The van der Waals surface area contributed by atoms with Gasteiger partial charge in [-0.2, -0.15) is 5.10 Å². The van der Waals surface area contributed by atoms with E-state index in [0.29, 0.717) is 36.9 Å². The molecule has 7 heteroatoms. The van der Waals surface area contributed by atoms with Gasteiger partial charge in [0.25, 0.3) is 5.91 Å². The highest BCUT2D eigenvalue weighted by atomic mass is 16.4. The fourth-order valence-electron chi connectivity index (χ4n) is 3.32. The van der Waals surface area contributed by atoms with E-state index >= 15 is 0 Å². The quantitative estimate of drug-likeness (QED) is 0.794. The molecule has 1 aliphatic rings. The molecule has 0 N–H and O–H groups in total. The van der Waals surface area contributed by atoms with Crippen molar-refractivity contribution in [1.82, 2.24) is 19.6 Å². The molecule has 0 bridgehead atoms. The first-order valence-corrected chi connectivity index (χ1v) is 9.08. The number of amides is 2. The van der Waals surface area contributed by atoms with Crippen molar-refractivity contribution < 1.29 is 14.0 Å². The van der Waals surface area contributed by atoms with Gasteiger partial charge in [0.1, 0.15) is 5.76 Å². The van der Waals surface area contributed by atoms with Crippen molar-refractivity contribution in [3.8, 4) is 0 Å². The Kier molecular flexibility index (Phi) is 5.75. The Morgan fingerprint density at radius 1 is 1.35 bits per heavy atom. The van der Waals surface area contributed by atoms with Crippen molar-refractivity contribution in [3.63, 3.8) is 0 Å². The molecular formula is C19H26N4O3. The fraction of sp³-hybridized carbons (Fsp3) is 0.526. The summed E-state index contributed by atoms with van der Waals surface area (Å²) in [6.45, 7) is 1.94. The third kappa shape index (κ3) is 4.53. The predicted octanol–water partition coefficient (Wildman–Crippen LogP) is 2.25. The van der Waals surface area contributed by atoms with E-state index in [0.717, 1.165) is 25.8 Å². The highest BCUT2D eigenvalue weighted by Crippen LogP contribution is 2.23. The molecule has 26 heavy (non-hydrogen) atoms. The molecule has 2 aromatic rings. The minimum absolute atomic E-state index is 0.0691. The number of carbonyl (C=O) groups excluding carboxylic acids is 2. The molecule has 0 spiro atoms. The van der Waals surface area contributed by atoms with Gasteiger partial charge < -0.3 is 14.2 Å². The second-order valence-electron chi connectivity index (χ2n) is 7.06.